The van der Waals surface area contributed by atoms with Crippen molar-refractivity contribution in [3.63, 3.8) is 0 Å². The van der Waals surface area contributed by atoms with Crippen LogP contribution in [0.3, 0.4) is 0 Å². The number of esters is 1. The van der Waals surface area contributed by atoms with Crippen LogP contribution in [0.4, 0.5) is 13.2 Å². The molecule has 0 saturated carbocycles. The Morgan fingerprint density at radius 2 is 1.74 bits per heavy atom. The molecule has 0 radical (unpaired) electrons. The summed E-state index contributed by atoms with van der Waals surface area (Å²) in [7, 11) is 0. The van der Waals surface area contributed by atoms with Gasteiger partial charge in [-0.25, -0.2) is 0 Å². The highest BCUT2D eigenvalue weighted by atomic mass is 35.5. The third kappa shape index (κ3) is 5.96. The van der Waals surface area contributed by atoms with E-state index >= 15 is 0 Å². The molecule has 114 valence electrons. The molecule has 0 aliphatic heterocycles. The summed E-state index contributed by atoms with van der Waals surface area (Å²) in [4.78, 5) is 11.4. The zero-order chi connectivity index (χ0) is 15.5. The van der Waals surface area contributed by atoms with E-state index in [0.717, 1.165) is 0 Å². The number of alkyl halides is 6. The van der Waals surface area contributed by atoms with Gasteiger partial charge in [0.1, 0.15) is 0 Å². The Bertz CT molecular complexity index is 317. The lowest BCUT2D eigenvalue weighted by atomic mass is 9.83. The lowest BCUT2D eigenvalue weighted by Gasteiger charge is -2.33. The summed E-state index contributed by atoms with van der Waals surface area (Å²) in [5.74, 6) is -0.528. The minimum absolute atomic E-state index is 0.114. The molecule has 0 aliphatic carbocycles. The van der Waals surface area contributed by atoms with Crippen molar-refractivity contribution >= 4 is 40.8 Å². The first-order chi connectivity index (χ1) is 8.33. The molecule has 0 N–H and O–H groups in total. The Kier molecular flexibility index (Phi) is 6.77. The smallest absolute Gasteiger partial charge is 0.421 e. The fourth-order valence-electron chi connectivity index (χ4n) is 1.31. The number of hydrogen-bond donors (Lipinski definition) is 0. The molecule has 0 amide bonds. The van der Waals surface area contributed by atoms with Crippen LogP contribution in [0.5, 0.6) is 0 Å². The van der Waals surface area contributed by atoms with Crippen LogP contribution in [0.1, 0.15) is 33.6 Å². The molecule has 0 bridgehead atoms. The molecule has 2 nitrogen and oxygen atoms in total. The van der Waals surface area contributed by atoms with E-state index < -0.39 is 33.7 Å². The summed E-state index contributed by atoms with van der Waals surface area (Å²) in [6.07, 6.45) is -5.62. The molecule has 1 unspecified atom stereocenters. The van der Waals surface area contributed by atoms with Crippen LogP contribution in [-0.4, -0.2) is 28.5 Å². The van der Waals surface area contributed by atoms with Gasteiger partial charge in [-0.3, -0.25) is 4.79 Å². The van der Waals surface area contributed by atoms with Gasteiger partial charge in [0.2, 0.25) is 4.33 Å². The number of ether oxygens (including phenoxy) is 1. The van der Waals surface area contributed by atoms with Gasteiger partial charge in [0.05, 0.1) is 13.0 Å². The summed E-state index contributed by atoms with van der Waals surface area (Å²) in [6.45, 7) is 4.94. The van der Waals surface area contributed by atoms with Gasteiger partial charge in [0, 0.05) is 11.8 Å². The fourth-order valence-corrected chi connectivity index (χ4v) is 2.09. The summed E-state index contributed by atoms with van der Waals surface area (Å²) < 4.78 is 39.5. The predicted molar refractivity (Wildman–Crippen MR) is 69.8 cm³/mol. The average Bonchev–Trinajstić information content (AvgIpc) is 2.14. The number of halogens is 6. The highest BCUT2D eigenvalue weighted by molar-refractivity contribution is 6.49. The first-order valence-electron chi connectivity index (χ1n) is 5.57. The van der Waals surface area contributed by atoms with Gasteiger partial charge in [-0.2, -0.15) is 13.2 Å². The Balaban J connectivity index is 4.72. The van der Waals surface area contributed by atoms with Crippen molar-refractivity contribution in [2.75, 3.05) is 6.61 Å². The molecule has 0 heterocycles. The first-order valence-corrected chi connectivity index (χ1v) is 6.77. The maximum atomic E-state index is 12.6. The van der Waals surface area contributed by atoms with Crippen LogP contribution in [0.15, 0.2) is 0 Å². The molecule has 1 atom stereocenters. The van der Waals surface area contributed by atoms with Gasteiger partial charge in [-0.05, 0) is 12.3 Å². The van der Waals surface area contributed by atoms with Gasteiger partial charge in [-0.1, -0.05) is 37.0 Å². The van der Waals surface area contributed by atoms with E-state index in [-0.39, 0.29) is 13.0 Å². The van der Waals surface area contributed by atoms with Gasteiger partial charge in [0.15, 0.2) is 0 Å². The van der Waals surface area contributed by atoms with Crippen LogP contribution in [0.25, 0.3) is 0 Å². The second-order valence-corrected chi connectivity index (χ2v) is 6.85. The lowest BCUT2D eigenvalue weighted by molar-refractivity contribution is -0.146. The van der Waals surface area contributed by atoms with Crippen molar-refractivity contribution in [2.24, 2.45) is 5.41 Å². The van der Waals surface area contributed by atoms with E-state index in [1.54, 1.807) is 20.8 Å². The van der Waals surface area contributed by atoms with E-state index in [4.69, 9.17) is 39.5 Å². The fraction of sp³-hybridized carbons (Fsp3) is 0.909. The van der Waals surface area contributed by atoms with Crippen LogP contribution in [0.2, 0.25) is 0 Å². The zero-order valence-electron chi connectivity index (χ0n) is 10.8. The second-order valence-electron chi connectivity index (χ2n) is 4.84. The molecule has 0 aromatic rings. The van der Waals surface area contributed by atoms with Crippen molar-refractivity contribution in [3.05, 3.63) is 0 Å². The van der Waals surface area contributed by atoms with Crippen molar-refractivity contribution in [3.8, 4) is 0 Å². The zero-order valence-corrected chi connectivity index (χ0v) is 13.1. The highest BCUT2D eigenvalue weighted by Crippen LogP contribution is 2.47. The number of carbonyl (C=O) groups is 1. The highest BCUT2D eigenvalue weighted by Gasteiger charge is 2.54. The second kappa shape index (κ2) is 6.72. The van der Waals surface area contributed by atoms with Gasteiger partial charge < -0.3 is 4.74 Å². The summed E-state index contributed by atoms with van der Waals surface area (Å²) in [5.41, 5.74) is -0.923. The molecule has 0 saturated heterocycles. The van der Waals surface area contributed by atoms with E-state index in [0.29, 0.717) is 0 Å². The molecule has 0 fully saturated rings. The third-order valence-electron chi connectivity index (χ3n) is 2.60. The van der Waals surface area contributed by atoms with Gasteiger partial charge in [-0.15, -0.1) is 11.6 Å². The minimum atomic E-state index is -4.79. The van der Waals surface area contributed by atoms with Crippen molar-refractivity contribution in [2.45, 2.75) is 49.5 Å². The van der Waals surface area contributed by atoms with E-state index in [1.807, 2.05) is 0 Å². The minimum Gasteiger partial charge on any atom is -0.466 e. The monoisotopic (exact) mass is 342 g/mol. The molecule has 19 heavy (non-hydrogen) atoms. The molecule has 8 heteroatoms. The maximum absolute atomic E-state index is 12.6. The van der Waals surface area contributed by atoms with Crippen molar-refractivity contribution in [1.82, 2.24) is 0 Å². The van der Waals surface area contributed by atoms with Crippen LogP contribution >= 0.6 is 34.8 Å². The van der Waals surface area contributed by atoms with E-state index in [2.05, 4.69) is 0 Å². The topological polar surface area (TPSA) is 26.3 Å². The molecule has 0 aliphatic rings. The average molecular weight is 344 g/mol. The van der Waals surface area contributed by atoms with E-state index in [1.165, 1.54) is 0 Å². The van der Waals surface area contributed by atoms with Crippen molar-refractivity contribution < 1.29 is 22.7 Å². The van der Waals surface area contributed by atoms with Crippen LogP contribution in [0, 0.1) is 5.41 Å². The van der Waals surface area contributed by atoms with Crippen molar-refractivity contribution in [1.29, 1.82) is 0 Å². The summed E-state index contributed by atoms with van der Waals surface area (Å²) in [5, 5.41) is -1.03. The Morgan fingerprint density at radius 1 is 1.26 bits per heavy atom. The molecule has 0 aromatic heterocycles. The normalized spacial score (nSPS) is 15.2. The maximum Gasteiger partial charge on any atom is 0.421 e. The number of carbonyl (C=O) groups excluding carboxylic acids is 1. The standard InChI is InChI=1S/C11H16Cl3F3O2/c1-4-19-8(18)6-9(2,3)7(12)5-10(13,14)11(15,16)17/h7H,4-6H2,1-3H3. The summed E-state index contributed by atoms with van der Waals surface area (Å²) >= 11 is 16.4. The van der Waals surface area contributed by atoms with Crippen LogP contribution in [-0.2, 0) is 9.53 Å². The molecular weight excluding hydrogens is 327 g/mol. The Hall–Kier alpha value is 0.130. The Labute approximate surface area is 125 Å². The molecular formula is C11H16Cl3F3O2. The molecule has 0 aromatic carbocycles. The largest absolute Gasteiger partial charge is 0.466 e. The van der Waals surface area contributed by atoms with Gasteiger partial charge in [0.25, 0.3) is 0 Å². The van der Waals surface area contributed by atoms with Gasteiger partial charge >= 0.3 is 12.1 Å². The summed E-state index contributed by atoms with van der Waals surface area (Å²) in [6, 6.07) is 0. The Morgan fingerprint density at radius 3 is 2.11 bits per heavy atom. The number of hydrogen-bond acceptors (Lipinski definition) is 2. The number of rotatable bonds is 6. The first kappa shape index (κ1) is 19.1. The van der Waals surface area contributed by atoms with Crippen LogP contribution < -0.4 is 0 Å². The van der Waals surface area contributed by atoms with E-state index in [9.17, 15) is 18.0 Å². The quantitative estimate of drug-likeness (QED) is 0.516. The third-order valence-corrected chi connectivity index (χ3v) is 4.09. The molecule has 0 rings (SSSR count). The lowest BCUT2D eigenvalue weighted by Crippen LogP contribution is -2.40. The SMILES string of the molecule is CCOC(=O)CC(C)(C)C(Cl)CC(Cl)(Cl)C(F)(F)F. The molecule has 0 spiro atoms. The predicted octanol–water partition coefficient (Wildman–Crippen LogP) is 4.70.